The Morgan fingerprint density at radius 2 is 1.88 bits per heavy atom. The van der Waals surface area contributed by atoms with Crippen LogP contribution in [0.2, 0.25) is 18.1 Å². The Labute approximate surface area is 208 Å². The van der Waals surface area contributed by atoms with Crippen molar-refractivity contribution in [2.75, 3.05) is 13.2 Å². The van der Waals surface area contributed by atoms with E-state index in [1.165, 1.54) is 12.3 Å². The monoisotopic (exact) mass is 589 g/mol. The van der Waals surface area contributed by atoms with E-state index in [0.717, 1.165) is 6.07 Å². The molecule has 1 aromatic rings. The first-order valence-electron chi connectivity index (χ1n) is 10.6. The summed E-state index contributed by atoms with van der Waals surface area (Å²) in [5.74, 6) is -4.15. The molecule has 0 amide bonds. The molecule has 1 unspecified atom stereocenters. The van der Waals surface area contributed by atoms with Crippen LogP contribution < -0.4 is 0 Å². The second-order valence-corrected chi connectivity index (χ2v) is 15.4. The van der Waals surface area contributed by atoms with Crippen LogP contribution in [0, 0.1) is 15.2 Å². The minimum Gasteiger partial charge on any atom is -0.463 e. The average Bonchev–Trinajstić information content (AvgIpc) is 3.13. The summed E-state index contributed by atoms with van der Waals surface area (Å²) in [4.78, 5) is 30.6. The maximum Gasteiger partial charge on any atom is 0.336 e. The third kappa shape index (κ3) is 5.51. The Kier molecular flexibility index (Phi) is 8.56. The van der Waals surface area contributed by atoms with Gasteiger partial charge in [0.25, 0.3) is 0 Å². The van der Waals surface area contributed by atoms with Crippen LogP contribution in [0.5, 0.6) is 0 Å². The van der Waals surface area contributed by atoms with Gasteiger partial charge in [-0.1, -0.05) is 27.4 Å². The molecule has 0 spiro atoms. The van der Waals surface area contributed by atoms with Crippen molar-refractivity contribution in [3.63, 3.8) is 0 Å². The number of carbonyl (C=O) groups is 2. The quantitative estimate of drug-likeness (QED) is 0.0881. The highest BCUT2D eigenvalue weighted by molar-refractivity contribution is 14.1. The normalized spacial score (nSPS) is 18.3. The molecule has 2 rings (SSSR count). The van der Waals surface area contributed by atoms with E-state index >= 15 is 0 Å². The van der Waals surface area contributed by atoms with Crippen molar-refractivity contribution in [3.05, 3.63) is 56.7 Å². The van der Waals surface area contributed by atoms with Crippen LogP contribution in [-0.4, -0.2) is 45.0 Å². The number of benzene rings is 1. The lowest BCUT2D eigenvalue weighted by Crippen LogP contribution is -2.44. The Hall–Kier alpha value is -1.72. The number of rotatable bonds is 9. The molecule has 0 saturated carbocycles. The largest absolute Gasteiger partial charge is 0.463 e. The van der Waals surface area contributed by atoms with Gasteiger partial charge in [0.1, 0.15) is 0 Å². The number of nitrogens with zero attached hydrogens (tertiary/aromatic N) is 1. The van der Waals surface area contributed by atoms with E-state index in [2.05, 4.69) is 45.4 Å². The molecule has 9 heteroatoms. The number of allylic oxidation sites excluding steroid dienone is 1. The third-order valence-corrected chi connectivity index (χ3v) is 11.3. The minimum absolute atomic E-state index is 0.0175. The summed E-state index contributed by atoms with van der Waals surface area (Å²) in [6.07, 6.45) is 3.23. The molecule has 5 nitrogen and oxygen atoms in total. The van der Waals surface area contributed by atoms with E-state index < -0.39 is 42.8 Å². The predicted molar refractivity (Wildman–Crippen MR) is 136 cm³/mol. The van der Waals surface area contributed by atoms with Crippen LogP contribution in [0.4, 0.5) is 8.78 Å². The van der Waals surface area contributed by atoms with Gasteiger partial charge in [-0.05, 0) is 77.8 Å². The fraction of sp³-hybridized carbons (Fsp3) is 0.458. The van der Waals surface area contributed by atoms with Crippen molar-refractivity contribution in [1.82, 2.24) is 0 Å². The van der Waals surface area contributed by atoms with Gasteiger partial charge in [-0.15, -0.1) is 0 Å². The molecule has 1 aromatic carbocycles. The highest BCUT2D eigenvalue weighted by atomic mass is 127. The maximum atomic E-state index is 14.7. The van der Waals surface area contributed by atoms with Crippen molar-refractivity contribution in [1.29, 1.82) is 0 Å². The van der Waals surface area contributed by atoms with Gasteiger partial charge in [0.15, 0.2) is 25.5 Å². The van der Waals surface area contributed by atoms with E-state index in [1.807, 2.05) is 0 Å². The zero-order valence-corrected chi connectivity index (χ0v) is 23.0. The van der Waals surface area contributed by atoms with E-state index in [1.54, 1.807) is 35.6 Å². The number of hydrogen-bond acceptors (Lipinski definition) is 5. The number of Topliss-reactive ketones (excluding diaryl/α,β-unsaturated/α-hetero) is 1. The van der Waals surface area contributed by atoms with E-state index in [-0.39, 0.29) is 30.2 Å². The third-order valence-electron chi connectivity index (χ3n) is 6.17. The van der Waals surface area contributed by atoms with Crippen LogP contribution in [0.3, 0.4) is 0 Å². The van der Waals surface area contributed by atoms with Gasteiger partial charge in [-0.3, -0.25) is 9.79 Å². The molecule has 1 aliphatic heterocycles. The second-order valence-electron chi connectivity index (χ2n) is 9.32. The first kappa shape index (κ1) is 27.5. The molecule has 1 heterocycles. The molecule has 1 aliphatic rings. The van der Waals surface area contributed by atoms with Gasteiger partial charge in [0.05, 0.1) is 17.7 Å². The number of ether oxygens (including phenoxy) is 1. The summed E-state index contributed by atoms with van der Waals surface area (Å²) >= 11 is 1.80. The first-order chi connectivity index (χ1) is 15.2. The van der Waals surface area contributed by atoms with Crippen LogP contribution in [0.1, 0.15) is 44.5 Å². The van der Waals surface area contributed by atoms with Gasteiger partial charge >= 0.3 is 5.97 Å². The molecule has 0 saturated heterocycles. The van der Waals surface area contributed by atoms with Crippen molar-refractivity contribution in [3.8, 4) is 0 Å². The second kappa shape index (κ2) is 10.3. The lowest BCUT2D eigenvalue weighted by atomic mass is 9.77. The smallest absolute Gasteiger partial charge is 0.336 e. The molecule has 180 valence electrons. The van der Waals surface area contributed by atoms with Crippen LogP contribution in [0.25, 0.3) is 0 Å². The fourth-order valence-corrected chi connectivity index (χ4v) is 4.86. The van der Waals surface area contributed by atoms with E-state index in [4.69, 9.17) is 9.16 Å². The summed E-state index contributed by atoms with van der Waals surface area (Å²) in [6, 6.07) is 2.22. The highest BCUT2D eigenvalue weighted by Crippen LogP contribution is 2.41. The Balaban J connectivity index is 2.49. The zero-order valence-electron chi connectivity index (χ0n) is 19.9. The van der Waals surface area contributed by atoms with Crippen LogP contribution in [-0.2, 0) is 14.0 Å². The number of aliphatic imine (C=N–C) groups is 1. The van der Waals surface area contributed by atoms with Gasteiger partial charge in [0.2, 0.25) is 5.78 Å². The zero-order chi connectivity index (χ0) is 25.2. The minimum atomic E-state index is -2.08. The van der Waals surface area contributed by atoms with Gasteiger partial charge in [-0.25, -0.2) is 13.6 Å². The van der Waals surface area contributed by atoms with Crippen molar-refractivity contribution >= 4 is 48.9 Å². The van der Waals surface area contributed by atoms with E-state index in [9.17, 15) is 18.4 Å². The number of ketones is 1. The average molecular weight is 589 g/mol. The van der Waals surface area contributed by atoms with Gasteiger partial charge in [0, 0.05) is 16.4 Å². The summed E-state index contributed by atoms with van der Waals surface area (Å²) in [6.45, 7) is 16.3. The van der Waals surface area contributed by atoms with E-state index in [0.29, 0.717) is 9.14 Å². The molecular weight excluding hydrogens is 559 g/mol. The summed E-state index contributed by atoms with van der Waals surface area (Å²) in [7, 11) is -2.08. The number of esters is 1. The number of carbonyl (C=O) groups excluding carboxylic acids is 2. The maximum absolute atomic E-state index is 14.7. The Bertz CT molecular complexity index is 1030. The Morgan fingerprint density at radius 3 is 2.45 bits per heavy atom. The molecule has 0 aromatic heterocycles. The SMILES string of the molecule is C=C(C(=O)OCC)C1(C(=O)c2cc(I)cc(F)c2F)N=CC=C1CCO[Si](C)(C)C(C)(C)C. The topological polar surface area (TPSA) is 65.0 Å². The lowest BCUT2D eigenvalue weighted by Gasteiger charge is -2.37. The molecule has 0 fully saturated rings. The fourth-order valence-electron chi connectivity index (χ4n) is 3.23. The number of halogens is 3. The molecule has 0 N–H and O–H groups in total. The lowest BCUT2D eigenvalue weighted by molar-refractivity contribution is -0.139. The molecule has 0 aliphatic carbocycles. The van der Waals surface area contributed by atoms with Crippen molar-refractivity contribution in [2.24, 2.45) is 4.99 Å². The number of hydrogen-bond donors (Lipinski definition) is 0. The summed E-state index contributed by atoms with van der Waals surface area (Å²) in [5, 5.41) is -0.0175. The van der Waals surface area contributed by atoms with Crippen molar-refractivity contribution in [2.45, 2.75) is 57.8 Å². The Morgan fingerprint density at radius 1 is 1.24 bits per heavy atom. The van der Waals surface area contributed by atoms with Crippen LogP contribution in [0.15, 0.2) is 40.9 Å². The molecular formula is C24H30F2INO4Si. The van der Waals surface area contributed by atoms with Crippen LogP contribution >= 0.6 is 22.6 Å². The molecule has 1 atom stereocenters. The highest BCUT2D eigenvalue weighted by Gasteiger charge is 2.50. The standard InChI is InChI=1S/C24H30F2INO4Si/c1-8-31-22(30)15(2)24(21(29)18-13-17(27)14-19(25)20(18)26)16(9-11-28-24)10-12-32-33(6,7)23(3,4)5/h9,11,13-14H,2,8,10,12H2,1,3-7H3. The molecule has 33 heavy (non-hydrogen) atoms. The van der Waals surface area contributed by atoms with Gasteiger partial charge in [-0.2, -0.15) is 0 Å². The molecule has 0 bridgehead atoms. The summed E-state index contributed by atoms with van der Waals surface area (Å²) < 4.78 is 40.5. The van der Waals surface area contributed by atoms with Crippen molar-refractivity contribution < 1.29 is 27.5 Å². The summed E-state index contributed by atoms with van der Waals surface area (Å²) in [5.41, 5.74) is -2.25. The first-order valence-corrected chi connectivity index (χ1v) is 14.6. The molecule has 0 radical (unpaired) electrons. The predicted octanol–water partition coefficient (Wildman–Crippen LogP) is 6.03. The van der Waals surface area contributed by atoms with Gasteiger partial charge < -0.3 is 9.16 Å².